The first-order valence-corrected chi connectivity index (χ1v) is 18.2. The van der Waals surface area contributed by atoms with Crippen LogP contribution in [0.15, 0.2) is 78.6 Å². The molecule has 1 fully saturated rings. The van der Waals surface area contributed by atoms with Crippen LogP contribution in [0.4, 0.5) is 0 Å². The molecule has 1 saturated heterocycles. The number of hydrogen-bond donors (Lipinski definition) is 3. The summed E-state index contributed by atoms with van der Waals surface area (Å²) in [5.41, 5.74) is 2.87. The van der Waals surface area contributed by atoms with E-state index in [-0.39, 0.29) is 29.7 Å². The quantitative estimate of drug-likeness (QED) is 0.0800. The van der Waals surface area contributed by atoms with Crippen molar-refractivity contribution in [2.75, 3.05) is 0 Å². The molecule has 2 aromatic carbocycles. The van der Waals surface area contributed by atoms with Crippen molar-refractivity contribution in [2.45, 2.75) is 85.8 Å². The number of rotatable bonds is 11. The van der Waals surface area contributed by atoms with Crippen LogP contribution in [-0.4, -0.2) is 40.2 Å². The largest absolute Gasteiger partial charge is 0.461 e. The number of H-pyrrole nitrogens is 1. The predicted molar refractivity (Wildman–Crippen MR) is 212 cm³/mol. The second kappa shape index (κ2) is 16.2. The van der Waals surface area contributed by atoms with Crippen LogP contribution < -0.4 is 20.1 Å². The van der Waals surface area contributed by atoms with E-state index < -0.39 is 46.6 Å². The fraction of sp³-hybridized carbons (Fsp3) is 0.341. The van der Waals surface area contributed by atoms with Crippen LogP contribution in [0.3, 0.4) is 0 Å². The number of para-hydroxylation sites is 1. The second-order valence-electron chi connectivity index (χ2n) is 15.0. The van der Waals surface area contributed by atoms with Crippen molar-refractivity contribution in [3.8, 4) is 11.5 Å². The predicted octanol–water partition coefficient (Wildman–Crippen LogP) is 7.31. The van der Waals surface area contributed by atoms with Gasteiger partial charge in [0.2, 0.25) is 0 Å². The van der Waals surface area contributed by atoms with Gasteiger partial charge in [0.15, 0.2) is 0 Å². The van der Waals surface area contributed by atoms with Crippen molar-refractivity contribution >= 4 is 52.8 Å². The lowest BCUT2D eigenvalue weighted by molar-refractivity contribution is -0.142. The lowest BCUT2D eigenvalue weighted by Crippen LogP contribution is -2.68. The molecule has 11 heteroatoms. The van der Waals surface area contributed by atoms with Gasteiger partial charge in [-0.1, -0.05) is 81.0 Å². The highest BCUT2D eigenvalue weighted by Gasteiger charge is 2.51. The number of aromatic amines is 1. The van der Waals surface area contributed by atoms with Crippen molar-refractivity contribution in [3.05, 3.63) is 107 Å². The smallest absolute Gasteiger partial charge is 0.308 e. The van der Waals surface area contributed by atoms with Gasteiger partial charge in [-0.2, -0.15) is 0 Å². The van der Waals surface area contributed by atoms with E-state index in [2.05, 4.69) is 22.2 Å². The summed E-state index contributed by atoms with van der Waals surface area (Å²) in [4.78, 5) is 68.8. The Kier molecular flexibility index (Phi) is 11.8. The first-order chi connectivity index (χ1) is 25.9. The number of allylic oxidation sites excluding steroid dienone is 4. The molecule has 1 aliphatic heterocycles. The molecule has 55 heavy (non-hydrogen) atoms. The fourth-order valence-corrected chi connectivity index (χ4v) is 7.02. The van der Waals surface area contributed by atoms with E-state index in [0.717, 1.165) is 27.7 Å². The summed E-state index contributed by atoms with van der Waals surface area (Å²) in [6.45, 7) is 17.3. The second-order valence-corrected chi connectivity index (χ2v) is 15.0. The summed E-state index contributed by atoms with van der Waals surface area (Å²) < 4.78 is 16.8. The number of esters is 3. The molecule has 0 saturated carbocycles. The normalized spacial score (nSPS) is 20.3. The highest BCUT2D eigenvalue weighted by atomic mass is 16.5. The van der Waals surface area contributed by atoms with E-state index in [9.17, 15) is 24.0 Å². The summed E-state index contributed by atoms with van der Waals surface area (Å²) in [7, 11) is 0. The molecular weight excluding hydrogens is 698 g/mol. The summed E-state index contributed by atoms with van der Waals surface area (Å²) in [6, 6.07) is 9.37. The lowest BCUT2D eigenvalue weighted by atomic mass is 9.71. The average Bonchev–Trinajstić information content (AvgIpc) is 3.48. The average molecular weight is 748 g/mol. The summed E-state index contributed by atoms with van der Waals surface area (Å²) in [5, 5.41) is 6.90. The minimum absolute atomic E-state index is 0.0593. The number of benzene rings is 2. The number of aromatic nitrogens is 1. The molecule has 5 rings (SSSR count). The van der Waals surface area contributed by atoms with Gasteiger partial charge < -0.3 is 29.8 Å². The van der Waals surface area contributed by atoms with Gasteiger partial charge in [-0.05, 0) is 50.8 Å². The first-order valence-electron chi connectivity index (χ1n) is 18.2. The zero-order chi connectivity index (χ0) is 40.2. The molecule has 0 radical (unpaired) electrons. The van der Waals surface area contributed by atoms with E-state index in [1.165, 1.54) is 20.8 Å². The molecule has 3 N–H and O–H groups in total. The number of ether oxygens (including phenoxy) is 3. The molecule has 1 aromatic heterocycles. The Bertz CT molecular complexity index is 2200. The van der Waals surface area contributed by atoms with Gasteiger partial charge >= 0.3 is 17.9 Å². The highest BCUT2D eigenvalue weighted by Crippen LogP contribution is 2.41. The molecule has 2 amide bonds. The maximum absolute atomic E-state index is 14.4. The molecule has 11 nitrogen and oxygen atoms in total. The van der Waals surface area contributed by atoms with E-state index in [4.69, 9.17) is 14.2 Å². The van der Waals surface area contributed by atoms with Crippen LogP contribution in [0.5, 0.6) is 11.5 Å². The van der Waals surface area contributed by atoms with Gasteiger partial charge in [0.05, 0.1) is 0 Å². The zero-order valence-electron chi connectivity index (χ0n) is 32.7. The van der Waals surface area contributed by atoms with Gasteiger partial charge in [-0.25, -0.2) is 0 Å². The standard InChI is InChI=1S/C44H49N3O8/c1-10-43(8,9)40-34(32-13-11-12-14-36(32)45-40)22-37-41(51)47-44(42(52)46-37)23-26(4)16-18-31(44)19-20-33-35(24-53-27(5)48)39(55-29(7)50)30(17-15-25(2)3)21-38(33)54-28(6)49/h10-16,18-22,26,31,45H,1,17,23-24H2,2-9H3,(H,46,52)(H,47,51)/b20-19+,37-22-/t26-,31-,44-/m0/s1. The molecule has 0 unspecified atom stereocenters. The van der Waals surface area contributed by atoms with Gasteiger partial charge in [-0.3, -0.25) is 24.0 Å². The van der Waals surface area contributed by atoms with Crippen LogP contribution in [0.1, 0.15) is 89.8 Å². The molecular formula is C44H49N3O8. The van der Waals surface area contributed by atoms with Crippen molar-refractivity contribution in [1.29, 1.82) is 0 Å². The minimum Gasteiger partial charge on any atom is -0.461 e. The minimum atomic E-state index is -1.39. The number of nitrogens with one attached hydrogen (secondary N) is 3. The lowest BCUT2D eigenvalue weighted by Gasteiger charge is -2.44. The Hall–Kier alpha value is -5.97. The van der Waals surface area contributed by atoms with Crippen LogP contribution in [0.25, 0.3) is 23.1 Å². The van der Waals surface area contributed by atoms with Gasteiger partial charge in [0.1, 0.15) is 29.3 Å². The van der Waals surface area contributed by atoms with E-state index in [1.807, 2.05) is 83.2 Å². The molecule has 3 aromatic rings. The fourth-order valence-electron chi connectivity index (χ4n) is 7.02. The maximum atomic E-state index is 14.4. The molecule has 1 spiro atoms. The maximum Gasteiger partial charge on any atom is 0.308 e. The topological polar surface area (TPSA) is 153 Å². The Balaban J connectivity index is 1.61. The SMILES string of the molecule is C=CC(C)(C)c1[nH]c2ccccc2c1/C=C1\NC(=O)[C@@]2(C[C@@H](C)C=C[C@H]2/C=C/c2c(OC(C)=O)cc(CC=C(C)C)c(OC(C)=O)c2COC(C)=O)NC1=O. The number of carbonyl (C=O) groups excluding carboxylic acids is 5. The molecule has 2 aliphatic rings. The van der Waals surface area contributed by atoms with E-state index >= 15 is 0 Å². The summed E-state index contributed by atoms with van der Waals surface area (Å²) in [5.74, 6) is -3.05. The Morgan fingerprint density at radius 1 is 0.982 bits per heavy atom. The number of piperazine rings is 1. The zero-order valence-corrected chi connectivity index (χ0v) is 32.7. The molecule has 2 heterocycles. The number of amides is 2. The molecule has 3 atom stereocenters. The molecule has 288 valence electrons. The van der Waals surface area contributed by atoms with Crippen LogP contribution >= 0.6 is 0 Å². The third kappa shape index (κ3) is 8.72. The Morgan fingerprint density at radius 2 is 1.69 bits per heavy atom. The van der Waals surface area contributed by atoms with Crippen LogP contribution in [0.2, 0.25) is 0 Å². The Morgan fingerprint density at radius 3 is 2.35 bits per heavy atom. The summed E-state index contributed by atoms with van der Waals surface area (Å²) in [6.07, 6.45) is 13.3. The third-order valence-corrected chi connectivity index (χ3v) is 9.87. The van der Waals surface area contributed by atoms with Crippen molar-refractivity contribution < 1.29 is 38.2 Å². The number of hydrogen-bond acceptors (Lipinski definition) is 8. The molecule has 1 aliphatic carbocycles. The van der Waals surface area contributed by atoms with Crippen molar-refractivity contribution in [3.63, 3.8) is 0 Å². The number of carbonyl (C=O) groups is 5. The molecule has 0 bridgehead atoms. The third-order valence-electron chi connectivity index (χ3n) is 9.87. The Labute approximate surface area is 321 Å². The van der Waals surface area contributed by atoms with Crippen molar-refractivity contribution in [2.24, 2.45) is 11.8 Å². The van der Waals surface area contributed by atoms with Gasteiger partial charge in [0.25, 0.3) is 11.8 Å². The van der Waals surface area contributed by atoms with Gasteiger partial charge in [-0.15, -0.1) is 6.58 Å². The number of fused-ring (bicyclic) bond motifs is 1. The van der Waals surface area contributed by atoms with E-state index in [1.54, 1.807) is 24.3 Å². The highest BCUT2D eigenvalue weighted by molar-refractivity contribution is 6.10. The summed E-state index contributed by atoms with van der Waals surface area (Å²) >= 11 is 0. The van der Waals surface area contributed by atoms with Crippen molar-refractivity contribution in [1.82, 2.24) is 15.6 Å². The van der Waals surface area contributed by atoms with E-state index in [0.29, 0.717) is 29.5 Å². The van der Waals surface area contributed by atoms with Gasteiger partial charge in [0, 0.05) is 71.0 Å². The monoisotopic (exact) mass is 747 g/mol. The van der Waals surface area contributed by atoms with Crippen LogP contribution in [0, 0.1) is 11.8 Å². The first kappa shape index (κ1) is 40.2. The van der Waals surface area contributed by atoms with Crippen LogP contribution in [-0.2, 0) is 47.2 Å².